The average Bonchev–Trinajstić information content (AvgIpc) is 2.29. The molecule has 23 nitrogen and oxygen atoms in total. The lowest BCUT2D eigenvalue weighted by Crippen LogP contribution is -2.48. The van der Waals surface area contributed by atoms with Gasteiger partial charge in [0.1, 0.15) is 11.4 Å². The van der Waals surface area contributed by atoms with E-state index in [1.807, 2.05) is 79.5 Å². The standard InChI is InChI=1S/C18H28N4O2.C15H24N4.C11H12N4.C11H16N4.C9H13N3O2S/c1-17(2,3)24-16(23)22-11-7-18(13-22)5-9-21(10-6-18)15-4-8-20-12-14(15)19;1-18-8-2-4-15(12-18)5-9-19(10-6-15)14-3-7-17-11-13(14)16;12-9-7-13-4-3-10(9)15-6-5-14-11(15)8-1-2-8;1-9-8-15(6-5-14(9)2)11-3-4-13-7-10(11)12;10-8-7-11-2-1-9(8)12-3-5-15(13,14)6-4-12/h4,8,12H,5-7,9-11,13,19H2,1-3H3;3,7,11H,2,4-6,8-10,12,16H2,1H3;3-8H,1-2,12H2;3-4,7H,1,5-6,8,12H2,2H3;1-2,7H,3-6,10H2. The van der Waals surface area contributed by atoms with E-state index in [0.29, 0.717) is 35.8 Å². The van der Waals surface area contributed by atoms with Crippen molar-refractivity contribution in [2.75, 3.05) is 159 Å². The van der Waals surface area contributed by atoms with Crippen LogP contribution in [0.4, 0.5) is 56.0 Å². The zero-order valence-corrected chi connectivity index (χ0v) is 53.1. The minimum absolute atomic E-state index is 0.180. The number of ether oxygens (including phenoxy) is 1. The summed E-state index contributed by atoms with van der Waals surface area (Å²) in [6.45, 7) is 21.9. The topological polar surface area (TPSA) is 295 Å². The minimum atomic E-state index is -2.83. The fourth-order valence-corrected chi connectivity index (χ4v) is 13.9. The lowest BCUT2D eigenvalue weighted by molar-refractivity contribution is 0.0266. The Kier molecular flexibility index (Phi) is 20.7. The maximum atomic E-state index is 12.3. The summed E-state index contributed by atoms with van der Waals surface area (Å²) in [4.78, 5) is 52.2. The first-order valence-electron chi connectivity index (χ1n) is 30.9. The molecule has 0 radical (unpaired) electrons. The first kappa shape index (κ1) is 64.4. The molecule has 6 saturated heterocycles. The number of imidazole rings is 1. The van der Waals surface area contributed by atoms with Gasteiger partial charge in [-0.3, -0.25) is 24.9 Å². The van der Waals surface area contributed by atoms with Gasteiger partial charge in [-0.05, 0) is 133 Å². The van der Waals surface area contributed by atoms with Crippen molar-refractivity contribution in [1.82, 2.24) is 49.2 Å². The second-order valence-electron chi connectivity index (χ2n) is 25.6. The number of sulfone groups is 1. The summed E-state index contributed by atoms with van der Waals surface area (Å²) in [6.07, 6.45) is 31.9. The maximum Gasteiger partial charge on any atom is 0.410 e. The van der Waals surface area contributed by atoms with Gasteiger partial charge in [-0.1, -0.05) is 6.58 Å². The molecule has 6 aromatic heterocycles. The summed E-state index contributed by atoms with van der Waals surface area (Å²) in [6, 6.07) is 9.71. The number of nitrogen functional groups attached to an aromatic ring is 5. The van der Waals surface area contributed by atoms with Crippen LogP contribution >= 0.6 is 0 Å². The van der Waals surface area contributed by atoms with Crippen LogP contribution in [0, 0.1) is 10.8 Å². The minimum Gasteiger partial charge on any atom is -0.444 e. The third-order valence-corrected chi connectivity index (χ3v) is 19.5. The highest BCUT2D eigenvalue weighted by molar-refractivity contribution is 7.91. The molecule has 2 spiro atoms. The zero-order valence-electron chi connectivity index (χ0n) is 52.3. The fraction of sp³-hybridized carbons (Fsp3) is 0.516. The van der Waals surface area contributed by atoms with Gasteiger partial charge in [0.15, 0.2) is 9.84 Å². The number of hydrogen-bond donors (Lipinski definition) is 5. The van der Waals surface area contributed by atoms with Crippen LogP contribution in [0.25, 0.3) is 5.69 Å². The third kappa shape index (κ3) is 16.9. The van der Waals surface area contributed by atoms with E-state index >= 15 is 0 Å². The van der Waals surface area contributed by atoms with Crippen LogP contribution in [0.15, 0.2) is 117 Å². The van der Waals surface area contributed by atoms with Crippen LogP contribution in [-0.4, -0.2) is 180 Å². The van der Waals surface area contributed by atoms with E-state index in [2.05, 4.69) is 79.6 Å². The summed E-state index contributed by atoms with van der Waals surface area (Å²) >= 11 is 0. The van der Waals surface area contributed by atoms with Crippen molar-refractivity contribution in [3.8, 4) is 5.69 Å². The number of likely N-dealkylation sites (N-methyl/N-ethyl adjacent to an activating group) is 1. The average molecular weight is 1220 g/mol. The van der Waals surface area contributed by atoms with E-state index < -0.39 is 15.4 Å². The Hall–Kier alpha value is -8.12. The van der Waals surface area contributed by atoms with Crippen LogP contribution in [0.1, 0.15) is 90.3 Å². The third-order valence-electron chi connectivity index (χ3n) is 17.9. The van der Waals surface area contributed by atoms with Gasteiger partial charge in [0.05, 0.1) is 106 Å². The lowest BCUT2D eigenvalue weighted by Gasteiger charge is -2.47. The molecule has 12 heterocycles. The number of hydrogen-bond acceptors (Lipinski definition) is 21. The molecule has 1 saturated carbocycles. The highest BCUT2D eigenvalue weighted by Crippen LogP contribution is 2.44. The molecular formula is C64H93N19O4S. The zero-order chi connectivity index (χ0) is 62.6. The van der Waals surface area contributed by atoms with Crippen LogP contribution in [0.3, 0.4) is 0 Å². The van der Waals surface area contributed by atoms with Crippen molar-refractivity contribution in [2.45, 2.75) is 90.1 Å². The maximum absolute atomic E-state index is 12.3. The molecule has 6 aromatic rings. The summed E-state index contributed by atoms with van der Waals surface area (Å²) in [7, 11) is 1.49. The molecule has 6 aliphatic heterocycles. The molecule has 13 rings (SSSR count). The predicted octanol–water partition coefficient (Wildman–Crippen LogP) is 7.42. The first-order chi connectivity index (χ1) is 42.1. The Morgan fingerprint density at radius 1 is 0.557 bits per heavy atom. The van der Waals surface area contributed by atoms with Crippen LogP contribution in [-0.2, 0) is 14.6 Å². The molecule has 474 valence electrons. The Morgan fingerprint density at radius 2 is 0.989 bits per heavy atom. The van der Waals surface area contributed by atoms with Crippen molar-refractivity contribution < 1.29 is 17.9 Å². The molecule has 7 aliphatic rings. The van der Waals surface area contributed by atoms with Gasteiger partial charge in [-0.25, -0.2) is 18.2 Å². The van der Waals surface area contributed by atoms with Crippen molar-refractivity contribution in [1.29, 1.82) is 0 Å². The molecule has 7 fully saturated rings. The molecule has 88 heavy (non-hydrogen) atoms. The van der Waals surface area contributed by atoms with E-state index in [1.165, 1.54) is 51.6 Å². The van der Waals surface area contributed by atoms with Gasteiger partial charge in [0.25, 0.3) is 0 Å². The van der Waals surface area contributed by atoms with E-state index in [4.69, 9.17) is 33.4 Å². The Labute approximate surface area is 520 Å². The number of piperazine rings is 1. The number of aromatic nitrogens is 7. The van der Waals surface area contributed by atoms with Crippen LogP contribution < -0.4 is 48.3 Å². The van der Waals surface area contributed by atoms with Gasteiger partial charge in [0.2, 0.25) is 0 Å². The molecule has 0 unspecified atom stereocenters. The number of pyridine rings is 5. The second-order valence-corrected chi connectivity index (χ2v) is 27.9. The predicted molar refractivity (Wildman–Crippen MR) is 354 cm³/mol. The lowest BCUT2D eigenvalue weighted by atomic mass is 9.72. The highest BCUT2D eigenvalue weighted by atomic mass is 32.2. The van der Waals surface area contributed by atoms with E-state index in [0.717, 1.165) is 135 Å². The fourth-order valence-electron chi connectivity index (χ4n) is 12.7. The molecule has 0 bridgehead atoms. The molecule has 0 aromatic carbocycles. The van der Waals surface area contributed by atoms with E-state index in [1.54, 1.807) is 55.8 Å². The molecule has 1 aliphatic carbocycles. The summed E-state index contributed by atoms with van der Waals surface area (Å²) in [5.74, 6) is 2.14. The number of nitrogens with two attached hydrogens (primary N) is 5. The summed E-state index contributed by atoms with van der Waals surface area (Å²) in [5.41, 5.74) is 39.8. The van der Waals surface area contributed by atoms with Gasteiger partial charge < -0.3 is 72.3 Å². The van der Waals surface area contributed by atoms with Crippen molar-refractivity contribution in [2.24, 2.45) is 10.8 Å². The van der Waals surface area contributed by atoms with Gasteiger partial charge in [0, 0.05) is 134 Å². The number of carbonyl (C=O) groups excluding carboxylic acids is 1. The number of likely N-dealkylation sites (tertiary alicyclic amines) is 2. The Bertz CT molecular complexity index is 3380. The largest absolute Gasteiger partial charge is 0.444 e. The van der Waals surface area contributed by atoms with Gasteiger partial charge in [-0.2, -0.15) is 0 Å². The SMILES string of the molecule is C=C1CN(c2ccncc2N)CCN1C.CC(C)(C)OC(=O)N1CCC2(CCN(c3ccncc3N)CC2)C1.CN1CCCC2(CCN(c3ccncc3N)CC2)C1.Nc1cnccc1-n1ccnc1C1CC1.Nc1cnccc1N1CCS(=O)(=O)CC1. The second kappa shape index (κ2) is 28.4. The Morgan fingerprint density at radius 3 is 1.42 bits per heavy atom. The van der Waals surface area contributed by atoms with Gasteiger partial charge in [-0.15, -0.1) is 0 Å². The highest BCUT2D eigenvalue weighted by Gasteiger charge is 2.44. The normalized spacial score (nSPS) is 19.7. The van der Waals surface area contributed by atoms with Crippen molar-refractivity contribution in [3.05, 3.63) is 123 Å². The monoisotopic (exact) mass is 1220 g/mol. The molecular weight excluding hydrogens is 1130 g/mol. The Balaban J connectivity index is 0.000000133. The molecule has 10 N–H and O–H groups in total. The van der Waals surface area contributed by atoms with Crippen LogP contribution in [0.2, 0.25) is 0 Å². The van der Waals surface area contributed by atoms with Crippen molar-refractivity contribution in [3.63, 3.8) is 0 Å². The smallest absolute Gasteiger partial charge is 0.410 e. The molecule has 0 atom stereocenters. The molecule has 24 heteroatoms. The van der Waals surface area contributed by atoms with Crippen LogP contribution in [0.5, 0.6) is 0 Å². The molecule has 1 amide bonds. The summed E-state index contributed by atoms with van der Waals surface area (Å²) in [5, 5.41) is 0. The first-order valence-corrected chi connectivity index (χ1v) is 32.7. The van der Waals surface area contributed by atoms with E-state index in [-0.39, 0.29) is 23.0 Å². The van der Waals surface area contributed by atoms with E-state index in [9.17, 15) is 13.2 Å². The number of amides is 1. The number of piperidine rings is 3. The quantitative estimate of drug-likeness (QED) is 0.108. The summed E-state index contributed by atoms with van der Waals surface area (Å²) < 4.78 is 30.1. The number of nitrogens with zero attached hydrogens (tertiary/aromatic N) is 14. The van der Waals surface area contributed by atoms with Gasteiger partial charge >= 0.3 is 6.09 Å². The van der Waals surface area contributed by atoms with Crippen molar-refractivity contribution >= 4 is 67.1 Å². The number of carbonyl (C=O) groups is 1. The number of rotatable bonds is 6. The number of anilines is 9.